The standard InChI is InChI=1S/C36H24BN4O4/c1-9-25-13-5-21-38-33(25)29(17-1)42-37(43-30-18-2-10-26-14-6-22-39-34(26)30,44-31-19-3-11-27-15-7-23-40-35(27)31)45-32-20-4-12-28-16-8-24-41-36(28)32/h1-24H/q-1. The molecule has 45 heavy (non-hydrogen) atoms. The summed E-state index contributed by atoms with van der Waals surface area (Å²) in [4.78, 5) is 18.5. The molecule has 0 spiro atoms. The van der Waals surface area contributed by atoms with Gasteiger partial charge in [0, 0.05) is 46.3 Å². The fraction of sp³-hybridized carbons (Fsp3) is 0. The van der Waals surface area contributed by atoms with Crippen molar-refractivity contribution in [3.8, 4) is 23.0 Å². The first kappa shape index (κ1) is 26.4. The molecule has 0 aliphatic carbocycles. The molecule has 0 fully saturated rings. The molecule has 0 N–H and O–H groups in total. The second-order valence-electron chi connectivity index (χ2n) is 10.4. The Morgan fingerprint density at radius 1 is 0.311 bits per heavy atom. The van der Waals surface area contributed by atoms with Gasteiger partial charge in [-0.15, -0.1) is 0 Å². The highest BCUT2D eigenvalue weighted by Crippen LogP contribution is 2.35. The van der Waals surface area contributed by atoms with Crippen molar-refractivity contribution in [2.24, 2.45) is 0 Å². The van der Waals surface area contributed by atoms with Crippen LogP contribution in [0.2, 0.25) is 0 Å². The van der Waals surface area contributed by atoms with E-state index in [9.17, 15) is 0 Å². The zero-order chi connectivity index (χ0) is 30.1. The fourth-order valence-corrected chi connectivity index (χ4v) is 5.45. The quantitative estimate of drug-likeness (QED) is 0.166. The maximum absolute atomic E-state index is 6.82. The number of para-hydroxylation sites is 4. The molecule has 0 unspecified atom stereocenters. The van der Waals surface area contributed by atoms with Crippen molar-refractivity contribution in [1.29, 1.82) is 0 Å². The number of hydrogen-bond donors (Lipinski definition) is 0. The van der Waals surface area contributed by atoms with E-state index in [0.717, 1.165) is 21.5 Å². The lowest BCUT2D eigenvalue weighted by atomic mass is 10.0. The highest BCUT2D eigenvalue weighted by molar-refractivity contribution is 6.57. The number of aromatic nitrogens is 4. The van der Waals surface area contributed by atoms with Crippen LogP contribution in [0.25, 0.3) is 43.6 Å². The van der Waals surface area contributed by atoms with Gasteiger partial charge in [0.25, 0.3) is 0 Å². The smallest absolute Gasteiger partial charge is 0.610 e. The van der Waals surface area contributed by atoms with E-state index in [-0.39, 0.29) is 0 Å². The zero-order valence-corrected chi connectivity index (χ0v) is 23.9. The van der Waals surface area contributed by atoms with E-state index < -0.39 is 6.96 Å². The molecule has 0 aliphatic rings. The topological polar surface area (TPSA) is 88.5 Å². The van der Waals surface area contributed by atoms with Crippen LogP contribution < -0.4 is 18.6 Å². The minimum absolute atomic E-state index is 0.405. The second kappa shape index (κ2) is 11.1. The van der Waals surface area contributed by atoms with Gasteiger partial charge in [0.05, 0.1) is 0 Å². The largest absolute Gasteiger partial charge is 0.777 e. The van der Waals surface area contributed by atoms with E-state index in [1.165, 1.54) is 0 Å². The summed E-state index contributed by atoms with van der Waals surface area (Å²) in [6, 6.07) is 38.0. The summed E-state index contributed by atoms with van der Waals surface area (Å²) in [6.07, 6.45) is 6.85. The van der Waals surface area contributed by atoms with Crippen molar-refractivity contribution in [1.82, 2.24) is 19.9 Å². The fourth-order valence-electron chi connectivity index (χ4n) is 5.45. The molecule has 8 aromatic rings. The Hall–Kier alpha value is -6.22. The molecule has 0 amide bonds. The first-order valence-corrected chi connectivity index (χ1v) is 14.5. The van der Waals surface area contributed by atoms with E-state index in [1.54, 1.807) is 24.8 Å². The van der Waals surface area contributed by atoms with Gasteiger partial charge >= 0.3 is 6.96 Å². The third kappa shape index (κ3) is 5.06. The summed E-state index contributed by atoms with van der Waals surface area (Å²) in [5.41, 5.74) is 2.46. The van der Waals surface area contributed by atoms with Gasteiger partial charge in [-0.1, -0.05) is 72.8 Å². The molecule has 0 atom stereocenters. The average Bonchev–Trinajstić information content (AvgIpc) is 3.09. The Kier molecular flexibility index (Phi) is 6.53. The molecule has 0 saturated heterocycles. The summed E-state index contributed by atoms with van der Waals surface area (Å²) >= 11 is 0. The van der Waals surface area contributed by atoms with E-state index in [4.69, 9.17) is 18.6 Å². The zero-order valence-electron chi connectivity index (χ0n) is 23.9. The maximum atomic E-state index is 6.82. The molecule has 8 rings (SSSR count). The Balaban J connectivity index is 1.38. The number of hydrogen-bond acceptors (Lipinski definition) is 8. The monoisotopic (exact) mass is 587 g/mol. The Morgan fingerprint density at radius 2 is 0.556 bits per heavy atom. The van der Waals surface area contributed by atoms with Crippen LogP contribution in [-0.2, 0) is 0 Å². The summed E-state index contributed by atoms with van der Waals surface area (Å²) in [7, 11) is 0. The Bertz CT molecular complexity index is 1980. The van der Waals surface area contributed by atoms with E-state index in [2.05, 4.69) is 19.9 Å². The van der Waals surface area contributed by atoms with E-state index in [0.29, 0.717) is 45.1 Å². The van der Waals surface area contributed by atoms with Crippen LogP contribution in [0.3, 0.4) is 0 Å². The number of fused-ring (bicyclic) bond motifs is 4. The van der Waals surface area contributed by atoms with Gasteiger partial charge < -0.3 is 18.6 Å². The molecule has 8 nitrogen and oxygen atoms in total. The SMILES string of the molecule is c1cnc2c(O[B-](Oc3cccc4cccnc34)(Oc3cccc4cccnc34)Oc3cccc4cccnc34)cccc2c1. The van der Waals surface area contributed by atoms with Crippen LogP contribution in [0.15, 0.2) is 146 Å². The van der Waals surface area contributed by atoms with Crippen LogP contribution in [0.1, 0.15) is 0 Å². The second-order valence-corrected chi connectivity index (χ2v) is 10.4. The van der Waals surface area contributed by atoms with Crippen LogP contribution >= 0.6 is 0 Å². The van der Waals surface area contributed by atoms with Crippen molar-refractivity contribution in [2.75, 3.05) is 0 Å². The van der Waals surface area contributed by atoms with Gasteiger partial charge in [-0.05, 0) is 48.5 Å². The van der Waals surface area contributed by atoms with Crippen molar-refractivity contribution in [2.45, 2.75) is 0 Å². The molecule has 4 aromatic carbocycles. The molecule has 0 aliphatic heterocycles. The van der Waals surface area contributed by atoms with Crippen LogP contribution in [0.5, 0.6) is 23.0 Å². The lowest BCUT2D eigenvalue weighted by molar-refractivity contribution is 0.164. The predicted octanol–water partition coefficient (Wildman–Crippen LogP) is 7.93. The predicted molar refractivity (Wildman–Crippen MR) is 175 cm³/mol. The normalized spacial score (nSPS) is 11.6. The van der Waals surface area contributed by atoms with Gasteiger partial charge in [0.2, 0.25) is 0 Å². The van der Waals surface area contributed by atoms with E-state index in [1.807, 2.05) is 121 Å². The van der Waals surface area contributed by atoms with Crippen LogP contribution in [0, 0.1) is 0 Å². The first-order chi connectivity index (χ1) is 22.2. The molecular formula is C36H24BN4O4-. The Morgan fingerprint density at radius 3 is 0.822 bits per heavy atom. The van der Waals surface area contributed by atoms with Crippen molar-refractivity contribution < 1.29 is 18.6 Å². The number of rotatable bonds is 8. The minimum Gasteiger partial charge on any atom is -0.610 e. The van der Waals surface area contributed by atoms with Crippen molar-refractivity contribution in [3.63, 3.8) is 0 Å². The third-order valence-corrected chi connectivity index (χ3v) is 7.47. The molecule has 4 heterocycles. The highest BCUT2D eigenvalue weighted by atomic mass is 16.9. The lowest BCUT2D eigenvalue weighted by Gasteiger charge is -2.42. The summed E-state index contributed by atoms with van der Waals surface area (Å²) in [6.45, 7) is -3.21. The lowest BCUT2D eigenvalue weighted by Crippen LogP contribution is -2.60. The van der Waals surface area contributed by atoms with Gasteiger partial charge in [0.15, 0.2) is 0 Å². The van der Waals surface area contributed by atoms with Crippen LogP contribution in [0.4, 0.5) is 0 Å². The molecule has 9 heteroatoms. The summed E-state index contributed by atoms with van der Waals surface area (Å²) in [5, 5.41) is 3.52. The van der Waals surface area contributed by atoms with Crippen molar-refractivity contribution in [3.05, 3.63) is 146 Å². The number of pyridine rings is 4. The third-order valence-electron chi connectivity index (χ3n) is 7.47. The molecule has 0 radical (unpaired) electrons. The summed E-state index contributed by atoms with van der Waals surface area (Å²) in [5.74, 6) is 1.62. The maximum Gasteiger partial charge on any atom is 0.777 e. The van der Waals surface area contributed by atoms with E-state index >= 15 is 0 Å². The van der Waals surface area contributed by atoms with Gasteiger partial charge in [0.1, 0.15) is 45.1 Å². The van der Waals surface area contributed by atoms with Gasteiger partial charge in [-0.2, -0.15) is 0 Å². The van der Waals surface area contributed by atoms with Gasteiger partial charge in [-0.3, -0.25) is 19.9 Å². The summed E-state index contributed by atoms with van der Waals surface area (Å²) < 4.78 is 27.3. The highest BCUT2D eigenvalue weighted by Gasteiger charge is 2.44. The molecule has 4 aromatic heterocycles. The van der Waals surface area contributed by atoms with Crippen molar-refractivity contribution >= 4 is 50.6 Å². The average molecular weight is 587 g/mol. The molecule has 0 bridgehead atoms. The molecule has 216 valence electrons. The molecule has 0 saturated carbocycles. The molecular weight excluding hydrogens is 563 g/mol. The number of benzene rings is 4. The first-order valence-electron chi connectivity index (χ1n) is 14.5. The van der Waals surface area contributed by atoms with Crippen LogP contribution in [-0.4, -0.2) is 26.9 Å². The number of nitrogens with zero attached hydrogens (tertiary/aromatic N) is 4. The van der Waals surface area contributed by atoms with Gasteiger partial charge in [-0.25, -0.2) is 0 Å². The minimum atomic E-state index is -3.21. The Labute approximate surface area is 257 Å².